The third-order valence-corrected chi connectivity index (χ3v) is 2.17. The Morgan fingerprint density at radius 2 is 2.08 bits per heavy atom. The van der Waals surface area contributed by atoms with Crippen molar-refractivity contribution in [2.24, 2.45) is 5.41 Å². The largest absolute Gasteiger partial charge is 0.481 e. The zero-order valence-electron chi connectivity index (χ0n) is 7.51. The van der Waals surface area contributed by atoms with E-state index in [1.54, 1.807) is 13.8 Å². The number of carboxylic acids is 1. The van der Waals surface area contributed by atoms with Crippen molar-refractivity contribution in [3.05, 3.63) is 0 Å². The van der Waals surface area contributed by atoms with Crippen molar-refractivity contribution < 1.29 is 23.4 Å². The van der Waals surface area contributed by atoms with E-state index in [1.165, 1.54) is 0 Å². The summed E-state index contributed by atoms with van der Waals surface area (Å²) in [5, 5.41) is 8.59. The molecule has 0 aromatic carbocycles. The number of alkyl halides is 2. The average molecular weight is 194 g/mol. The monoisotopic (exact) mass is 194 g/mol. The van der Waals surface area contributed by atoms with Gasteiger partial charge in [0.05, 0.1) is 12.7 Å². The number of carbonyl (C=O) groups is 1. The van der Waals surface area contributed by atoms with Gasteiger partial charge in [0, 0.05) is 6.42 Å². The summed E-state index contributed by atoms with van der Waals surface area (Å²) in [6, 6.07) is 0. The SMILES string of the molecule is CC(C)OCC1(C(=O)O)CC1(F)F. The lowest BCUT2D eigenvalue weighted by Gasteiger charge is -2.13. The van der Waals surface area contributed by atoms with Crippen LogP contribution in [0.4, 0.5) is 8.78 Å². The van der Waals surface area contributed by atoms with Gasteiger partial charge in [-0.25, -0.2) is 8.78 Å². The van der Waals surface area contributed by atoms with Gasteiger partial charge in [-0.2, -0.15) is 0 Å². The summed E-state index contributed by atoms with van der Waals surface area (Å²) in [5.74, 6) is -4.58. The summed E-state index contributed by atoms with van der Waals surface area (Å²) in [6.07, 6.45) is -0.838. The maximum Gasteiger partial charge on any atom is 0.318 e. The molecular formula is C8H12F2O3. The molecule has 1 aliphatic carbocycles. The maximum absolute atomic E-state index is 12.7. The number of halogens is 2. The summed E-state index contributed by atoms with van der Waals surface area (Å²) in [7, 11) is 0. The zero-order chi connectivity index (χ0) is 10.3. The number of aliphatic carboxylic acids is 1. The lowest BCUT2D eigenvalue weighted by atomic mass is 10.1. The Morgan fingerprint density at radius 3 is 2.31 bits per heavy atom. The van der Waals surface area contributed by atoms with Crippen LogP contribution in [0.1, 0.15) is 20.3 Å². The van der Waals surface area contributed by atoms with E-state index >= 15 is 0 Å². The first kappa shape index (κ1) is 10.4. The van der Waals surface area contributed by atoms with Crippen LogP contribution in [0.15, 0.2) is 0 Å². The minimum atomic E-state index is -3.10. The van der Waals surface area contributed by atoms with Crippen molar-refractivity contribution in [2.75, 3.05) is 6.61 Å². The second kappa shape index (κ2) is 2.90. The molecule has 1 unspecified atom stereocenters. The van der Waals surface area contributed by atoms with Crippen molar-refractivity contribution in [1.29, 1.82) is 0 Å². The minimum absolute atomic E-state index is 0.229. The second-order valence-corrected chi connectivity index (χ2v) is 3.63. The topological polar surface area (TPSA) is 46.5 Å². The molecule has 0 spiro atoms. The Labute approximate surface area is 74.7 Å². The summed E-state index contributed by atoms with van der Waals surface area (Å²) < 4.78 is 30.3. The van der Waals surface area contributed by atoms with Crippen molar-refractivity contribution in [3.63, 3.8) is 0 Å². The van der Waals surface area contributed by atoms with E-state index in [0.29, 0.717) is 0 Å². The summed E-state index contributed by atoms with van der Waals surface area (Å²) in [6.45, 7) is 2.94. The van der Waals surface area contributed by atoms with Crippen molar-refractivity contribution in [2.45, 2.75) is 32.3 Å². The van der Waals surface area contributed by atoms with E-state index in [9.17, 15) is 13.6 Å². The van der Waals surface area contributed by atoms with Crippen molar-refractivity contribution >= 4 is 5.97 Å². The first-order valence-electron chi connectivity index (χ1n) is 4.05. The molecule has 0 aliphatic heterocycles. The van der Waals surface area contributed by atoms with Crippen LogP contribution in [0.3, 0.4) is 0 Å². The van der Waals surface area contributed by atoms with E-state index < -0.39 is 30.3 Å². The maximum atomic E-state index is 12.7. The molecule has 76 valence electrons. The van der Waals surface area contributed by atoms with Gasteiger partial charge < -0.3 is 9.84 Å². The van der Waals surface area contributed by atoms with Crippen molar-refractivity contribution in [3.8, 4) is 0 Å². The molecule has 0 aromatic heterocycles. The minimum Gasteiger partial charge on any atom is -0.481 e. The highest BCUT2D eigenvalue weighted by molar-refractivity contribution is 5.80. The van der Waals surface area contributed by atoms with Gasteiger partial charge in [0.15, 0.2) is 5.41 Å². The smallest absolute Gasteiger partial charge is 0.318 e. The fourth-order valence-electron chi connectivity index (χ4n) is 1.09. The Hall–Kier alpha value is -0.710. The van der Waals surface area contributed by atoms with Crippen molar-refractivity contribution in [1.82, 2.24) is 0 Å². The van der Waals surface area contributed by atoms with Crippen LogP contribution in [-0.4, -0.2) is 29.7 Å². The predicted octanol–water partition coefficient (Wildman–Crippen LogP) is 1.52. The molecule has 0 bridgehead atoms. The normalized spacial score (nSPS) is 30.5. The van der Waals surface area contributed by atoms with E-state index in [1.807, 2.05) is 0 Å². The highest BCUT2D eigenvalue weighted by Crippen LogP contribution is 2.60. The third-order valence-electron chi connectivity index (χ3n) is 2.17. The van der Waals surface area contributed by atoms with Gasteiger partial charge in [0.1, 0.15) is 0 Å². The average Bonchev–Trinajstić information content (AvgIpc) is 2.51. The summed E-state index contributed by atoms with van der Waals surface area (Å²) in [4.78, 5) is 10.6. The molecule has 3 nitrogen and oxygen atoms in total. The second-order valence-electron chi connectivity index (χ2n) is 3.63. The van der Waals surface area contributed by atoms with Gasteiger partial charge in [-0.3, -0.25) is 4.79 Å². The van der Waals surface area contributed by atoms with Crippen LogP contribution in [0.5, 0.6) is 0 Å². The lowest BCUT2D eigenvalue weighted by Crippen LogP contribution is -2.29. The number of hydrogen-bond acceptors (Lipinski definition) is 2. The predicted molar refractivity (Wildman–Crippen MR) is 40.7 cm³/mol. The quantitative estimate of drug-likeness (QED) is 0.738. The van der Waals surface area contributed by atoms with Crippen LogP contribution in [0.2, 0.25) is 0 Å². The van der Waals surface area contributed by atoms with Crippen LogP contribution in [0.25, 0.3) is 0 Å². The lowest BCUT2D eigenvalue weighted by molar-refractivity contribution is -0.152. The molecule has 1 saturated carbocycles. The molecule has 0 aromatic rings. The first-order valence-corrected chi connectivity index (χ1v) is 4.05. The fourth-order valence-corrected chi connectivity index (χ4v) is 1.09. The number of rotatable bonds is 4. The number of carboxylic acid groups (broad SMARTS) is 1. The molecule has 0 heterocycles. The zero-order valence-corrected chi connectivity index (χ0v) is 7.51. The highest BCUT2D eigenvalue weighted by Gasteiger charge is 2.76. The molecule has 1 fully saturated rings. The first-order chi connectivity index (χ1) is 5.82. The Bertz CT molecular complexity index is 227. The van der Waals surface area contributed by atoms with Gasteiger partial charge in [-0.1, -0.05) is 0 Å². The molecule has 5 heteroatoms. The molecule has 1 aliphatic rings. The van der Waals surface area contributed by atoms with E-state index in [2.05, 4.69) is 0 Å². The Morgan fingerprint density at radius 1 is 1.62 bits per heavy atom. The van der Waals surface area contributed by atoms with Gasteiger partial charge >= 0.3 is 5.97 Å². The molecule has 13 heavy (non-hydrogen) atoms. The highest BCUT2D eigenvalue weighted by atomic mass is 19.3. The molecule has 0 saturated heterocycles. The number of hydrogen-bond donors (Lipinski definition) is 1. The third kappa shape index (κ3) is 1.65. The van der Waals surface area contributed by atoms with Gasteiger partial charge in [0.2, 0.25) is 0 Å². The molecule has 1 N–H and O–H groups in total. The van der Waals surface area contributed by atoms with Crippen LogP contribution < -0.4 is 0 Å². The van der Waals surface area contributed by atoms with E-state index in [0.717, 1.165) is 0 Å². The van der Waals surface area contributed by atoms with E-state index in [4.69, 9.17) is 9.84 Å². The molecule has 1 rings (SSSR count). The molecular weight excluding hydrogens is 182 g/mol. The molecule has 0 amide bonds. The standard InChI is InChI=1S/C8H12F2O3/c1-5(2)13-4-7(6(11)12)3-8(7,9)10/h5H,3-4H2,1-2H3,(H,11,12). The number of ether oxygens (including phenoxy) is 1. The van der Waals surface area contributed by atoms with Crippen LogP contribution >= 0.6 is 0 Å². The summed E-state index contributed by atoms with van der Waals surface area (Å²) in [5.41, 5.74) is -1.96. The fraction of sp³-hybridized carbons (Fsp3) is 0.875. The molecule has 0 radical (unpaired) electrons. The van der Waals surface area contributed by atoms with Crippen LogP contribution in [-0.2, 0) is 9.53 Å². The molecule has 1 atom stereocenters. The Kier molecular flexibility index (Phi) is 2.32. The van der Waals surface area contributed by atoms with Gasteiger partial charge in [0.25, 0.3) is 5.92 Å². The van der Waals surface area contributed by atoms with Crippen LogP contribution in [0, 0.1) is 5.41 Å². The summed E-state index contributed by atoms with van der Waals surface area (Å²) >= 11 is 0. The van der Waals surface area contributed by atoms with Gasteiger partial charge in [-0.05, 0) is 13.8 Å². The Balaban J connectivity index is 2.58. The van der Waals surface area contributed by atoms with E-state index in [-0.39, 0.29) is 6.10 Å². The van der Waals surface area contributed by atoms with Gasteiger partial charge in [-0.15, -0.1) is 0 Å².